The second kappa shape index (κ2) is 7.76. The summed E-state index contributed by atoms with van der Waals surface area (Å²) in [5, 5.41) is 6.69. The summed E-state index contributed by atoms with van der Waals surface area (Å²) in [5.74, 6) is 1.76. The molecular formula is C19H26N4O3. The van der Waals surface area contributed by atoms with Crippen molar-refractivity contribution in [3.8, 4) is 5.75 Å². The Morgan fingerprint density at radius 3 is 2.69 bits per heavy atom. The molecule has 2 heterocycles. The minimum absolute atomic E-state index is 0.00154. The number of aryl methyl sites for hydroxylation is 2. The Hall–Kier alpha value is -2.57. The number of aromatic nitrogens is 3. The van der Waals surface area contributed by atoms with Crippen molar-refractivity contribution in [3.63, 3.8) is 0 Å². The monoisotopic (exact) mass is 358 g/mol. The molecule has 1 aromatic carbocycles. The number of H-pyrrole nitrogens is 1. The molecule has 7 heteroatoms. The van der Waals surface area contributed by atoms with Crippen LogP contribution in [-0.4, -0.2) is 45.3 Å². The quantitative estimate of drug-likeness (QED) is 0.886. The largest absolute Gasteiger partial charge is 0.484 e. The number of hydrogen-bond acceptors (Lipinski definition) is 4. The first-order valence-electron chi connectivity index (χ1n) is 9.12. The first-order chi connectivity index (χ1) is 12.5. The van der Waals surface area contributed by atoms with Crippen LogP contribution >= 0.6 is 0 Å². The van der Waals surface area contributed by atoms with Gasteiger partial charge in [-0.3, -0.25) is 9.36 Å². The number of hydrogen-bond donors (Lipinski definition) is 1. The highest BCUT2D eigenvalue weighted by atomic mass is 16.5. The lowest BCUT2D eigenvalue weighted by Crippen LogP contribution is -2.41. The van der Waals surface area contributed by atoms with E-state index >= 15 is 0 Å². The van der Waals surface area contributed by atoms with Crippen LogP contribution < -0.4 is 10.4 Å². The lowest BCUT2D eigenvalue weighted by Gasteiger charge is -2.31. The number of aromatic amines is 1. The standard InChI is InChI=1S/C19H26N4O3/c1-4-23-18(20-21-19(23)25)15-7-9-22(10-8-15)17(24)12-26-16-6-5-13(2)11-14(16)3/h5-6,11,15H,4,7-10,12H2,1-3H3,(H,21,25). The molecule has 2 aromatic rings. The maximum atomic E-state index is 12.4. The van der Waals surface area contributed by atoms with Gasteiger partial charge in [-0.05, 0) is 45.2 Å². The van der Waals surface area contributed by atoms with Crippen LogP contribution in [0.5, 0.6) is 5.75 Å². The van der Waals surface area contributed by atoms with E-state index in [1.54, 1.807) is 4.57 Å². The summed E-state index contributed by atoms with van der Waals surface area (Å²) < 4.78 is 7.38. The Bertz CT molecular complexity index is 832. The molecule has 0 spiro atoms. The van der Waals surface area contributed by atoms with E-state index in [9.17, 15) is 9.59 Å². The predicted octanol–water partition coefficient (Wildman–Crippen LogP) is 1.99. The maximum absolute atomic E-state index is 12.4. The van der Waals surface area contributed by atoms with Crippen LogP contribution in [0.15, 0.2) is 23.0 Å². The summed E-state index contributed by atoms with van der Waals surface area (Å²) in [6.07, 6.45) is 1.61. The van der Waals surface area contributed by atoms with Crippen molar-refractivity contribution >= 4 is 5.91 Å². The Balaban J connectivity index is 1.54. The predicted molar refractivity (Wildman–Crippen MR) is 98.5 cm³/mol. The number of carbonyl (C=O) groups excluding carboxylic acids is 1. The summed E-state index contributed by atoms with van der Waals surface area (Å²) in [4.78, 5) is 26.0. The van der Waals surface area contributed by atoms with E-state index in [2.05, 4.69) is 10.2 Å². The van der Waals surface area contributed by atoms with E-state index < -0.39 is 0 Å². The summed E-state index contributed by atoms with van der Waals surface area (Å²) >= 11 is 0. The van der Waals surface area contributed by atoms with E-state index in [-0.39, 0.29) is 24.1 Å². The van der Waals surface area contributed by atoms with Gasteiger partial charge in [-0.1, -0.05) is 17.7 Å². The van der Waals surface area contributed by atoms with Crippen molar-refractivity contribution in [2.45, 2.75) is 46.1 Å². The smallest absolute Gasteiger partial charge is 0.343 e. The molecule has 26 heavy (non-hydrogen) atoms. The average Bonchev–Trinajstić information content (AvgIpc) is 3.01. The Labute approximate surface area is 153 Å². The number of ether oxygens (including phenoxy) is 1. The molecule has 0 radical (unpaired) electrons. The van der Waals surface area contributed by atoms with E-state index in [1.165, 1.54) is 5.56 Å². The second-order valence-corrected chi connectivity index (χ2v) is 6.84. The van der Waals surface area contributed by atoms with Crippen molar-refractivity contribution in [2.75, 3.05) is 19.7 Å². The van der Waals surface area contributed by atoms with Gasteiger partial charge in [0.05, 0.1) is 0 Å². The zero-order valence-corrected chi connectivity index (χ0v) is 15.6. The van der Waals surface area contributed by atoms with Crippen LogP contribution in [0.2, 0.25) is 0 Å². The minimum Gasteiger partial charge on any atom is -0.484 e. The van der Waals surface area contributed by atoms with Crippen LogP contribution in [0.4, 0.5) is 0 Å². The average molecular weight is 358 g/mol. The van der Waals surface area contributed by atoms with Gasteiger partial charge in [0.2, 0.25) is 0 Å². The molecule has 1 amide bonds. The molecule has 3 rings (SSSR count). The summed E-state index contributed by atoms with van der Waals surface area (Å²) in [7, 11) is 0. The lowest BCUT2D eigenvalue weighted by molar-refractivity contribution is -0.134. The number of nitrogens with zero attached hydrogens (tertiary/aromatic N) is 3. The third-order valence-corrected chi connectivity index (χ3v) is 5.00. The minimum atomic E-state index is -0.164. The summed E-state index contributed by atoms with van der Waals surface area (Å²) in [5.41, 5.74) is 2.04. The highest BCUT2D eigenvalue weighted by Gasteiger charge is 2.27. The van der Waals surface area contributed by atoms with Crippen molar-refractivity contribution in [1.29, 1.82) is 0 Å². The van der Waals surface area contributed by atoms with Crippen molar-refractivity contribution in [1.82, 2.24) is 19.7 Å². The molecule has 0 unspecified atom stereocenters. The van der Waals surface area contributed by atoms with Gasteiger partial charge in [0.15, 0.2) is 6.61 Å². The fraction of sp³-hybridized carbons (Fsp3) is 0.526. The topological polar surface area (TPSA) is 80.2 Å². The van der Waals surface area contributed by atoms with E-state index in [4.69, 9.17) is 4.74 Å². The summed E-state index contributed by atoms with van der Waals surface area (Å²) in [6, 6.07) is 5.93. The number of carbonyl (C=O) groups is 1. The molecule has 1 aliphatic rings. The van der Waals surface area contributed by atoms with Crippen LogP contribution in [0.25, 0.3) is 0 Å². The van der Waals surface area contributed by atoms with Gasteiger partial charge in [-0.25, -0.2) is 9.89 Å². The molecular weight excluding hydrogens is 332 g/mol. The molecule has 1 fully saturated rings. The lowest BCUT2D eigenvalue weighted by atomic mass is 9.96. The number of likely N-dealkylation sites (tertiary alicyclic amines) is 1. The Morgan fingerprint density at radius 2 is 2.04 bits per heavy atom. The Morgan fingerprint density at radius 1 is 1.31 bits per heavy atom. The molecule has 7 nitrogen and oxygen atoms in total. The van der Waals surface area contributed by atoms with Crippen LogP contribution in [-0.2, 0) is 11.3 Å². The molecule has 1 aliphatic heterocycles. The van der Waals surface area contributed by atoms with E-state index in [0.29, 0.717) is 19.6 Å². The third kappa shape index (κ3) is 3.81. The highest BCUT2D eigenvalue weighted by molar-refractivity contribution is 5.78. The molecule has 140 valence electrons. The molecule has 0 atom stereocenters. The van der Waals surface area contributed by atoms with Gasteiger partial charge < -0.3 is 9.64 Å². The first kappa shape index (κ1) is 18.2. The van der Waals surface area contributed by atoms with Crippen molar-refractivity contribution < 1.29 is 9.53 Å². The van der Waals surface area contributed by atoms with Crippen LogP contribution in [0, 0.1) is 13.8 Å². The van der Waals surface area contributed by atoms with Gasteiger partial charge in [-0.15, -0.1) is 0 Å². The number of piperidine rings is 1. The third-order valence-electron chi connectivity index (χ3n) is 5.00. The maximum Gasteiger partial charge on any atom is 0.343 e. The Kier molecular flexibility index (Phi) is 5.44. The SMILES string of the molecule is CCn1c(C2CCN(C(=O)COc3ccc(C)cc3C)CC2)n[nH]c1=O. The number of benzene rings is 1. The first-order valence-corrected chi connectivity index (χ1v) is 9.12. The van der Waals surface area contributed by atoms with Crippen molar-refractivity contribution in [2.24, 2.45) is 0 Å². The zero-order chi connectivity index (χ0) is 18.7. The fourth-order valence-corrected chi connectivity index (χ4v) is 3.53. The van der Waals surface area contributed by atoms with Crippen LogP contribution in [0.1, 0.15) is 42.6 Å². The van der Waals surface area contributed by atoms with E-state index in [0.717, 1.165) is 30.0 Å². The van der Waals surface area contributed by atoms with Crippen LogP contribution in [0.3, 0.4) is 0 Å². The zero-order valence-electron chi connectivity index (χ0n) is 15.6. The van der Waals surface area contributed by atoms with Gasteiger partial charge in [0.1, 0.15) is 11.6 Å². The molecule has 0 saturated carbocycles. The normalized spacial score (nSPS) is 15.3. The van der Waals surface area contributed by atoms with Gasteiger partial charge in [-0.2, -0.15) is 5.10 Å². The molecule has 0 bridgehead atoms. The van der Waals surface area contributed by atoms with E-state index in [1.807, 2.05) is 43.9 Å². The molecule has 0 aliphatic carbocycles. The fourth-order valence-electron chi connectivity index (χ4n) is 3.53. The highest BCUT2D eigenvalue weighted by Crippen LogP contribution is 2.26. The number of rotatable bonds is 5. The number of amides is 1. The van der Waals surface area contributed by atoms with Gasteiger partial charge in [0, 0.05) is 25.6 Å². The summed E-state index contributed by atoms with van der Waals surface area (Å²) in [6.45, 7) is 7.92. The number of nitrogens with one attached hydrogen (secondary N) is 1. The second-order valence-electron chi connectivity index (χ2n) is 6.84. The molecule has 1 N–H and O–H groups in total. The van der Waals surface area contributed by atoms with Gasteiger partial charge >= 0.3 is 5.69 Å². The molecule has 1 aromatic heterocycles. The van der Waals surface area contributed by atoms with Crippen molar-refractivity contribution in [3.05, 3.63) is 45.6 Å². The van der Waals surface area contributed by atoms with Gasteiger partial charge in [0.25, 0.3) is 5.91 Å². The molecule has 1 saturated heterocycles.